The molecule has 0 saturated heterocycles. The fourth-order valence-electron chi connectivity index (χ4n) is 1.55. The van der Waals surface area contributed by atoms with Gasteiger partial charge in [0.1, 0.15) is 11.5 Å². The molecule has 17 heavy (non-hydrogen) atoms. The van der Waals surface area contributed by atoms with Crippen LogP contribution in [0.5, 0.6) is 11.5 Å². The Morgan fingerprint density at radius 3 is 2.65 bits per heavy atom. The van der Waals surface area contributed by atoms with Gasteiger partial charge in [0, 0.05) is 22.6 Å². The molecule has 1 N–H and O–H groups in total. The fourth-order valence-corrected chi connectivity index (χ4v) is 1.71. The molecule has 0 bridgehead atoms. The van der Waals surface area contributed by atoms with Gasteiger partial charge < -0.3 is 14.8 Å². The van der Waals surface area contributed by atoms with Crippen LogP contribution in [0.2, 0.25) is 0 Å². The zero-order valence-electron chi connectivity index (χ0n) is 10.4. The minimum Gasteiger partial charge on any atom is -0.497 e. The largest absolute Gasteiger partial charge is 0.497 e. The Balaban J connectivity index is 2.88. The van der Waals surface area contributed by atoms with Gasteiger partial charge in [0.25, 0.3) is 0 Å². The maximum atomic E-state index is 5.34. The number of hydrogen-bond donors (Lipinski definition) is 1. The maximum Gasteiger partial charge on any atom is 0.123 e. The molecular weight excluding hydrogens is 282 g/mol. The van der Waals surface area contributed by atoms with Gasteiger partial charge >= 0.3 is 0 Å². The summed E-state index contributed by atoms with van der Waals surface area (Å²) in [6.45, 7) is 6.58. The molecule has 1 aromatic rings. The average molecular weight is 300 g/mol. The molecule has 3 nitrogen and oxygen atoms in total. The Morgan fingerprint density at radius 1 is 1.41 bits per heavy atom. The van der Waals surface area contributed by atoms with Crippen LogP contribution in [-0.4, -0.2) is 20.8 Å². The van der Waals surface area contributed by atoms with Gasteiger partial charge in [-0.1, -0.05) is 22.5 Å². The lowest BCUT2D eigenvalue weighted by Gasteiger charge is -2.18. The molecule has 0 fully saturated rings. The van der Waals surface area contributed by atoms with E-state index in [4.69, 9.17) is 9.47 Å². The normalized spacial score (nSPS) is 12.0. The second-order valence-corrected chi connectivity index (χ2v) is 4.85. The van der Waals surface area contributed by atoms with E-state index >= 15 is 0 Å². The van der Waals surface area contributed by atoms with E-state index in [2.05, 4.69) is 34.7 Å². The lowest BCUT2D eigenvalue weighted by molar-refractivity contribution is 0.393. The standard InChI is InChI=1S/C13H18BrNO2/c1-9(14)8-15-10(2)12-7-11(16-3)5-6-13(12)17-4/h5-7,10,15H,1,8H2,2-4H3. The van der Waals surface area contributed by atoms with Gasteiger partial charge in [-0.2, -0.15) is 0 Å². The van der Waals surface area contributed by atoms with E-state index in [0.717, 1.165) is 21.5 Å². The van der Waals surface area contributed by atoms with Crippen molar-refractivity contribution in [3.63, 3.8) is 0 Å². The SMILES string of the molecule is C=C(Br)CNC(C)c1cc(OC)ccc1OC. The van der Waals surface area contributed by atoms with Gasteiger partial charge in [-0.25, -0.2) is 0 Å². The molecule has 1 atom stereocenters. The van der Waals surface area contributed by atoms with Crippen LogP contribution in [0.3, 0.4) is 0 Å². The molecule has 0 amide bonds. The van der Waals surface area contributed by atoms with Crippen molar-refractivity contribution in [1.82, 2.24) is 5.32 Å². The zero-order valence-corrected chi connectivity index (χ0v) is 12.0. The molecule has 0 heterocycles. The van der Waals surface area contributed by atoms with Crippen molar-refractivity contribution >= 4 is 15.9 Å². The summed E-state index contributed by atoms with van der Waals surface area (Å²) in [7, 11) is 3.32. The first kappa shape index (κ1) is 14.1. The van der Waals surface area contributed by atoms with E-state index in [1.165, 1.54) is 0 Å². The number of hydrogen-bond acceptors (Lipinski definition) is 3. The van der Waals surface area contributed by atoms with Crippen LogP contribution in [0.25, 0.3) is 0 Å². The third kappa shape index (κ3) is 4.06. The van der Waals surface area contributed by atoms with Crippen LogP contribution in [0.1, 0.15) is 18.5 Å². The number of benzene rings is 1. The second kappa shape index (κ2) is 6.67. The van der Waals surface area contributed by atoms with E-state index in [-0.39, 0.29) is 6.04 Å². The van der Waals surface area contributed by atoms with Crippen LogP contribution in [0.15, 0.2) is 29.3 Å². The zero-order chi connectivity index (χ0) is 12.8. The van der Waals surface area contributed by atoms with Crippen LogP contribution < -0.4 is 14.8 Å². The molecule has 0 aliphatic carbocycles. The Hall–Kier alpha value is -1.00. The fraction of sp³-hybridized carbons (Fsp3) is 0.385. The Labute approximate surface area is 111 Å². The third-order valence-corrected chi connectivity index (χ3v) is 2.78. The van der Waals surface area contributed by atoms with E-state index in [1.807, 2.05) is 18.2 Å². The molecule has 1 rings (SSSR count). The molecule has 1 aromatic carbocycles. The molecule has 4 heteroatoms. The van der Waals surface area contributed by atoms with Crippen LogP contribution in [-0.2, 0) is 0 Å². The number of ether oxygens (including phenoxy) is 2. The van der Waals surface area contributed by atoms with Gasteiger partial charge in [-0.05, 0) is 25.1 Å². The molecule has 0 aliphatic heterocycles. The predicted molar refractivity (Wildman–Crippen MR) is 74.0 cm³/mol. The topological polar surface area (TPSA) is 30.5 Å². The smallest absolute Gasteiger partial charge is 0.123 e. The van der Waals surface area contributed by atoms with E-state index in [1.54, 1.807) is 14.2 Å². The summed E-state index contributed by atoms with van der Waals surface area (Å²) in [5.74, 6) is 1.68. The van der Waals surface area contributed by atoms with Crippen LogP contribution in [0.4, 0.5) is 0 Å². The van der Waals surface area contributed by atoms with Crippen molar-refractivity contribution in [2.24, 2.45) is 0 Å². The van der Waals surface area contributed by atoms with Gasteiger partial charge in [-0.15, -0.1) is 0 Å². The molecule has 0 saturated carbocycles. The summed E-state index contributed by atoms with van der Waals surface area (Å²) >= 11 is 3.33. The van der Waals surface area contributed by atoms with Crippen molar-refractivity contribution in [1.29, 1.82) is 0 Å². The van der Waals surface area contributed by atoms with E-state index in [9.17, 15) is 0 Å². The number of nitrogens with one attached hydrogen (secondary N) is 1. The highest BCUT2D eigenvalue weighted by Crippen LogP contribution is 2.29. The summed E-state index contributed by atoms with van der Waals surface area (Å²) < 4.78 is 11.5. The molecule has 0 spiro atoms. The quantitative estimate of drug-likeness (QED) is 0.874. The van der Waals surface area contributed by atoms with Crippen molar-refractivity contribution in [2.75, 3.05) is 20.8 Å². The monoisotopic (exact) mass is 299 g/mol. The number of methoxy groups -OCH3 is 2. The third-order valence-electron chi connectivity index (χ3n) is 2.50. The first-order valence-corrected chi connectivity index (χ1v) is 6.16. The van der Waals surface area contributed by atoms with E-state index < -0.39 is 0 Å². The highest BCUT2D eigenvalue weighted by Gasteiger charge is 2.12. The summed E-state index contributed by atoms with van der Waals surface area (Å²) in [5, 5.41) is 3.34. The van der Waals surface area contributed by atoms with Crippen molar-refractivity contribution < 1.29 is 9.47 Å². The average Bonchev–Trinajstić information content (AvgIpc) is 2.34. The summed E-state index contributed by atoms with van der Waals surface area (Å²) in [6, 6.07) is 5.94. The summed E-state index contributed by atoms with van der Waals surface area (Å²) in [6.07, 6.45) is 0. The highest BCUT2D eigenvalue weighted by molar-refractivity contribution is 9.11. The second-order valence-electron chi connectivity index (χ2n) is 3.73. The minimum absolute atomic E-state index is 0.161. The van der Waals surface area contributed by atoms with E-state index in [0.29, 0.717) is 6.54 Å². The Bertz CT molecular complexity index is 393. The lowest BCUT2D eigenvalue weighted by atomic mass is 10.1. The van der Waals surface area contributed by atoms with Crippen LogP contribution >= 0.6 is 15.9 Å². The number of rotatable bonds is 6. The van der Waals surface area contributed by atoms with Gasteiger partial charge in [0.15, 0.2) is 0 Å². The van der Waals surface area contributed by atoms with Crippen LogP contribution in [0, 0.1) is 0 Å². The Morgan fingerprint density at radius 2 is 2.12 bits per heavy atom. The summed E-state index contributed by atoms with van der Waals surface area (Å²) in [5.41, 5.74) is 1.07. The summed E-state index contributed by atoms with van der Waals surface area (Å²) in [4.78, 5) is 0. The van der Waals surface area contributed by atoms with Crippen molar-refractivity contribution in [2.45, 2.75) is 13.0 Å². The van der Waals surface area contributed by atoms with Crippen molar-refractivity contribution in [3.05, 3.63) is 34.8 Å². The molecule has 1 unspecified atom stereocenters. The molecule has 0 radical (unpaired) electrons. The van der Waals surface area contributed by atoms with Gasteiger partial charge in [0.05, 0.1) is 14.2 Å². The highest BCUT2D eigenvalue weighted by atomic mass is 79.9. The Kier molecular flexibility index (Phi) is 5.51. The molecular formula is C13H18BrNO2. The number of halogens is 1. The lowest BCUT2D eigenvalue weighted by Crippen LogP contribution is -2.20. The van der Waals surface area contributed by atoms with Gasteiger partial charge in [0.2, 0.25) is 0 Å². The molecule has 0 aliphatic rings. The minimum atomic E-state index is 0.161. The molecule has 0 aromatic heterocycles. The first-order chi connectivity index (χ1) is 8.08. The first-order valence-electron chi connectivity index (χ1n) is 5.37. The van der Waals surface area contributed by atoms with Gasteiger partial charge in [-0.3, -0.25) is 0 Å². The van der Waals surface area contributed by atoms with Crippen molar-refractivity contribution in [3.8, 4) is 11.5 Å². The predicted octanol–water partition coefficient (Wildman–Crippen LogP) is 3.26. The maximum absolute atomic E-state index is 5.34. The molecule has 94 valence electrons.